The predicted molar refractivity (Wildman–Crippen MR) is 84.3 cm³/mol. The summed E-state index contributed by atoms with van der Waals surface area (Å²) in [6.07, 6.45) is 0. The van der Waals surface area contributed by atoms with Gasteiger partial charge in [-0.15, -0.1) is 0 Å². The Hall–Kier alpha value is -1.58. The van der Waals surface area contributed by atoms with Crippen LogP contribution in [-0.4, -0.2) is 6.61 Å². The molecule has 0 aliphatic rings. The number of nitrogens with one attached hydrogen (secondary N) is 1. The molecule has 0 saturated carbocycles. The fraction of sp³-hybridized carbons (Fsp3) is 0.294. The van der Waals surface area contributed by atoms with Crippen LogP contribution < -0.4 is 10.1 Å². The van der Waals surface area contributed by atoms with Gasteiger partial charge in [-0.3, -0.25) is 0 Å². The Morgan fingerprint density at radius 3 is 2.76 bits per heavy atom. The van der Waals surface area contributed by atoms with E-state index in [4.69, 9.17) is 16.3 Å². The Kier molecular flexibility index (Phi) is 5.59. The molecule has 1 atom stereocenters. The zero-order valence-corrected chi connectivity index (χ0v) is 13.0. The summed E-state index contributed by atoms with van der Waals surface area (Å²) in [7, 11) is 0. The predicted octanol–water partition coefficient (Wildman–Crippen LogP) is 4.73. The van der Waals surface area contributed by atoms with E-state index in [2.05, 4.69) is 5.32 Å². The van der Waals surface area contributed by atoms with E-state index in [1.807, 2.05) is 44.2 Å². The number of benzene rings is 2. The summed E-state index contributed by atoms with van der Waals surface area (Å²) in [6.45, 7) is 5.29. The molecule has 0 heterocycles. The minimum atomic E-state index is -0.388. The molecule has 0 spiro atoms. The Labute approximate surface area is 129 Å². The molecule has 1 N–H and O–H groups in total. The Morgan fingerprint density at radius 1 is 1.24 bits per heavy atom. The lowest BCUT2D eigenvalue weighted by Gasteiger charge is -2.15. The van der Waals surface area contributed by atoms with Crippen molar-refractivity contribution in [3.8, 4) is 5.75 Å². The second-order valence-corrected chi connectivity index (χ2v) is 5.26. The van der Waals surface area contributed by atoms with Crippen molar-refractivity contribution in [3.05, 3.63) is 64.4 Å². The minimum Gasteiger partial charge on any atom is -0.494 e. The van der Waals surface area contributed by atoms with Gasteiger partial charge in [0.15, 0.2) is 0 Å². The highest BCUT2D eigenvalue weighted by atomic mass is 35.5. The van der Waals surface area contributed by atoms with E-state index in [0.717, 1.165) is 16.9 Å². The fourth-order valence-electron chi connectivity index (χ4n) is 2.08. The Morgan fingerprint density at radius 2 is 2.05 bits per heavy atom. The highest BCUT2D eigenvalue weighted by Gasteiger charge is 2.08. The molecule has 2 nitrogen and oxygen atoms in total. The number of hydrogen-bond acceptors (Lipinski definition) is 2. The lowest BCUT2D eigenvalue weighted by Crippen LogP contribution is -2.18. The lowest BCUT2D eigenvalue weighted by atomic mass is 10.1. The molecule has 112 valence electrons. The molecule has 0 aromatic heterocycles. The molecular weight excluding hydrogens is 289 g/mol. The van der Waals surface area contributed by atoms with Gasteiger partial charge in [-0.2, -0.15) is 0 Å². The van der Waals surface area contributed by atoms with Crippen LogP contribution in [0.2, 0.25) is 5.02 Å². The third-order valence-electron chi connectivity index (χ3n) is 3.27. The SMILES string of the molecule is CCOc1cccc(CNC(C)c2ccc(Cl)c(F)c2)c1. The largest absolute Gasteiger partial charge is 0.494 e. The molecular formula is C17H19ClFNO. The van der Waals surface area contributed by atoms with Crippen molar-refractivity contribution in [1.29, 1.82) is 0 Å². The van der Waals surface area contributed by atoms with E-state index in [9.17, 15) is 4.39 Å². The number of rotatable bonds is 6. The molecule has 0 aliphatic heterocycles. The maximum absolute atomic E-state index is 13.5. The molecule has 0 bridgehead atoms. The van der Waals surface area contributed by atoms with Crippen molar-refractivity contribution in [1.82, 2.24) is 5.32 Å². The smallest absolute Gasteiger partial charge is 0.142 e. The number of hydrogen-bond donors (Lipinski definition) is 1. The van der Waals surface area contributed by atoms with E-state index in [1.54, 1.807) is 6.07 Å². The summed E-state index contributed by atoms with van der Waals surface area (Å²) in [5, 5.41) is 3.51. The first-order valence-corrected chi connectivity index (χ1v) is 7.38. The maximum atomic E-state index is 13.5. The standard InChI is InChI=1S/C17H19ClFNO/c1-3-21-15-6-4-5-13(9-15)11-20-12(2)14-7-8-16(18)17(19)10-14/h4-10,12,20H,3,11H2,1-2H3. The van der Waals surface area contributed by atoms with Crippen molar-refractivity contribution < 1.29 is 9.13 Å². The van der Waals surface area contributed by atoms with Gasteiger partial charge in [0.05, 0.1) is 11.6 Å². The molecule has 0 fully saturated rings. The molecule has 0 amide bonds. The van der Waals surface area contributed by atoms with Crippen molar-refractivity contribution in [2.45, 2.75) is 26.4 Å². The summed E-state index contributed by atoms with van der Waals surface area (Å²) in [5.74, 6) is 0.475. The van der Waals surface area contributed by atoms with Crippen LogP contribution in [0.5, 0.6) is 5.75 Å². The van der Waals surface area contributed by atoms with Crippen LogP contribution in [0.1, 0.15) is 31.0 Å². The lowest BCUT2D eigenvalue weighted by molar-refractivity contribution is 0.339. The third kappa shape index (κ3) is 4.45. The third-order valence-corrected chi connectivity index (χ3v) is 3.57. The topological polar surface area (TPSA) is 21.3 Å². The molecule has 2 aromatic carbocycles. The molecule has 1 unspecified atom stereocenters. The van der Waals surface area contributed by atoms with Crippen molar-refractivity contribution in [3.63, 3.8) is 0 Å². The van der Waals surface area contributed by atoms with Gasteiger partial charge in [-0.25, -0.2) is 4.39 Å². The zero-order valence-electron chi connectivity index (χ0n) is 12.2. The van der Waals surface area contributed by atoms with E-state index >= 15 is 0 Å². The zero-order chi connectivity index (χ0) is 15.2. The average molecular weight is 308 g/mol. The average Bonchev–Trinajstić information content (AvgIpc) is 2.48. The van der Waals surface area contributed by atoms with E-state index < -0.39 is 0 Å². The normalized spacial score (nSPS) is 12.2. The van der Waals surface area contributed by atoms with Crippen molar-refractivity contribution in [2.24, 2.45) is 0 Å². The van der Waals surface area contributed by atoms with Crippen LogP contribution in [-0.2, 0) is 6.54 Å². The van der Waals surface area contributed by atoms with Gasteiger partial charge in [-0.1, -0.05) is 29.8 Å². The van der Waals surface area contributed by atoms with Gasteiger partial charge in [0.25, 0.3) is 0 Å². The first-order valence-electron chi connectivity index (χ1n) is 7.00. The molecule has 4 heteroatoms. The van der Waals surface area contributed by atoms with Gasteiger partial charge in [-0.05, 0) is 49.2 Å². The van der Waals surface area contributed by atoms with Crippen molar-refractivity contribution in [2.75, 3.05) is 6.61 Å². The van der Waals surface area contributed by atoms with Gasteiger partial charge in [0, 0.05) is 12.6 Å². The summed E-state index contributed by atoms with van der Waals surface area (Å²) in [5.41, 5.74) is 2.00. The number of ether oxygens (including phenoxy) is 1. The van der Waals surface area contributed by atoms with Crippen LogP contribution >= 0.6 is 11.6 Å². The van der Waals surface area contributed by atoms with Crippen LogP contribution in [0.3, 0.4) is 0 Å². The van der Waals surface area contributed by atoms with Gasteiger partial charge >= 0.3 is 0 Å². The first-order chi connectivity index (χ1) is 10.1. The van der Waals surface area contributed by atoms with Crippen LogP contribution in [0.4, 0.5) is 4.39 Å². The second kappa shape index (κ2) is 7.43. The highest BCUT2D eigenvalue weighted by Crippen LogP contribution is 2.21. The molecule has 2 rings (SSSR count). The molecule has 0 radical (unpaired) electrons. The van der Waals surface area contributed by atoms with Gasteiger partial charge in [0.2, 0.25) is 0 Å². The summed E-state index contributed by atoms with van der Waals surface area (Å²) in [4.78, 5) is 0. The Balaban J connectivity index is 1.98. The van der Waals surface area contributed by atoms with E-state index in [-0.39, 0.29) is 16.9 Å². The van der Waals surface area contributed by atoms with E-state index in [1.165, 1.54) is 6.07 Å². The quantitative estimate of drug-likeness (QED) is 0.833. The van der Waals surface area contributed by atoms with Crippen LogP contribution in [0, 0.1) is 5.82 Å². The minimum absolute atomic E-state index is 0.0347. The highest BCUT2D eigenvalue weighted by molar-refractivity contribution is 6.30. The first kappa shape index (κ1) is 15.8. The molecule has 0 aliphatic carbocycles. The number of halogens is 2. The summed E-state index contributed by atoms with van der Waals surface area (Å²) < 4.78 is 18.9. The summed E-state index contributed by atoms with van der Waals surface area (Å²) in [6, 6.07) is 12.9. The van der Waals surface area contributed by atoms with Gasteiger partial charge < -0.3 is 10.1 Å². The fourth-order valence-corrected chi connectivity index (χ4v) is 2.20. The molecule has 2 aromatic rings. The van der Waals surface area contributed by atoms with Gasteiger partial charge in [0.1, 0.15) is 11.6 Å². The molecule has 0 saturated heterocycles. The van der Waals surface area contributed by atoms with Crippen LogP contribution in [0.15, 0.2) is 42.5 Å². The molecule has 21 heavy (non-hydrogen) atoms. The van der Waals surface area contributed by atoms with Crippen LogP contribution in [0.25, 0.3) is 0 Å². The monoisotopic (exact) mass is 307 g/mol. The van der Waals surface area contributed by atoms with Crippen molar-refractivity contribution >= 4 is 11.6 Å². The Bertz CT molecular complexity index is 603. The maximum Gasteiger partial charge on any atom is 0.142 e. The summed E-state index contributed by atoms with van der Waals surface area (Å²) >= 11 is 5.70. The second-order valence-electron chi connectivity index (χ2n) is 4.86. The van der Waals surface area contributed by atoms with E-state index in [0.29, 0.717) is 13.2 Å².